The largest absolute Gasteiger partial charge is 0.277 e. The Morgan fingerprint density at radius 2 is 1.10 bits per heavy atom. The standard InChI is InChI=1S/C18H14OP/c19-20(17-11-5-2-6-12-17)18-13-7-10-16(14-18)15-8-3-1-4-9-15/h1-14H. The molecule has 20 heavy (non-hydrogen) atoms. The molecule has 0 bridgehead atoms. The lowest BCUT2D eigenvalue weighted by Gasteiger charge is -2.05. The second kappa shape index (κ2) is 5.81. The molecule has 0 aliphatic heterocycles. The van der Waals surface area contributed by atoms with Crippen LogP contribution in [0.1, 0.15) is 0 Å². The normalized spacial score (nSPS) is 11.1. The number of benzene rings is 3. The molecule has 0 aliphatic carbocycles. The number of hydrogen-bond acceptors (Lipinski definition) is 1. The Hall–Kier alpha value is -2.24. The van der Waals surface area contributed by atoms with Gasteiger partial charge in [-0.2, -0.15) is 0 Å². The van der Waals surface area contributed by atoms with Crippen LogP contribution in [0.2, 0.25) is 0 Å². The van der Waals surface area contributed by atoms with Gasteiger partial charge in [-0.15, -0.1) is 0 Å². The van der Waals surface area contributed by atoms with Crippen molar-refractivity contribution in [2.45, 2.75) is 0 Å². The molecule has 3 rings (SSSR count). The summed E-state index contributed by atoms with van der Waals surface area (Å²) in [6.07, 6.45) is 0. The molecule has 0 spiro atoms. The van der Waals surface area contributed by atoms with Gasteiger partial charge >= 0.3 is 0 Å². The van der Waals surface area contributed by atoms with Crippen molar-refractivity contribution in [3.05, 3.63) is 84.9 Å². The lowest BCUT2D eigenvalue weighted by Crippen LogP contribution is -2.06. The molecule has 0 saturated heterocycles. The van der Waals surface area contributed by atoms with Crippen molar-refractivity contribution < 1.29 is 4.57 Å². The highest BCUT2D eigenvalue weighted by molar-refractivity contribution is 7.61. The van der Waals surface area contributed by atoms with E-state index in [0.717, 1.165) is 21.7 Å². The lowest BCUT2D eigenvalue weighted by molar-refractivity contribution is 0.598. The van der Waals surface area contributed by atoms with E-state index in [1.165, 1.54) is 0 Å². The second-order valence-corrected chi connectivity index (χ2v) is 6.17. The first kappa shape index (κ1) is 12.8. The summed E-state index contributed by atoms with van der Waals surface area (Å²) in [5.74, 6) is 0. The summed E-state index contributed by atoms with van der Waals surface area (Å²) in [6.45, 7) is 0. The van der Waals surface area contributed by atoms with Crippen molar-refractivity contribution in [2.24, 2.45) is 0 Å². The average Bonchev–Trinajstić information content (AvgIpc) is 2.56. The zero-order valence-corrected chi connectivity index (χ0v) is 11.8. The van der Waals surface area contributed by atoms with Gasteiger partial charge in [0.2, 0.25) is 0 Å². The predicted octanol–water partition coefficient (Wildman–Crippen LogP) is 4.13. The van der Waals surface area contributed by atoms with Crippen LogP contribution in [0, 0.1) is 0 Å². The number of hydrogen-bond donors (Lipinski definition) is 0. The molecule has 0 aliphatic rings. The van der Waals surface area contributed by atoms with Crippen molar-refractivity contribution in [1.29, 1.82) is 0 Å². The van der Waals surface area contributed by atoms with Crippen LogP contribution >= 0.6 is 7.80 Å². The molecule has 0 fully saturated rings. The van der Waals surface area contributed by atoms with E-state index < -0.39 is 7.80 Å². The monoisotopic (exact) mass is 277 g/mol. The maximum absolute atomic E-state index is 12.6. The molecule has 0 amide bonds. The van der Waals surface area contributed by atoms with Crippen LogP contribution in [0.3, 0.4) is 0 Å². The second-order valence-electron chi connectivity index (χ2n) is 4.55. The summed E-state index contributed by atoms with van der Waals surface area (Å²) in [4.78, 5) is 0. The highest BCUT2D eigenvalue weighted by Crippen LogP contribution is 2.24. The summed E-state index contributed by atoms with van der Waals surface area (Å²) in [5.41, 5.74) is 2.24. The van der Waals surface area contributed by atoms with Crippen molar-refractivity contribution in [3.63, 3.8) is 0 Å². The maximum Gasteiger partial charge on any atom is 0.136 e. The highest BCUT2D eigenvalue weighted by atomic mass is 31.1. The predicted molar refractivity (Wildman–Crippen MR) is 85.2 cm³/mol. The minimum atomic E-state index is -1.53. The molecule has 1 atom stereocenters. The van der Waals surface area contributed by atoms with E-state index in [1.807, 2.05) is 72.8 Å². The van der Waals surface area contributed by atoms with Gasteiger partial charge in [0.05, 0.1) is 0 Å². The first-order valence-electron chi connectivity index (χ1n) is 6.52. The Bertz CT molecular complexity index is 721. The van der Waals surface area contributed by atoms with Gasteiger partial charge < -0.3 is 0 Å². The molecular weight excluding hydrogens is 263 g/mol. The quantitative estimate of drug-likeness (QED) is 0.658. The average molecular weight is 277 g/mol. The smallest absolute Gasteiger partial charge is 0.136 e. The number of rotatable bonds is 3. The van der Waals surface area contributed by atoms with Crippen LogP contribution in [-0.2, 0) is 4.57 Å². The third-order valence-electron chi connectivity index (χ3n) is 3.18. The fourth-order valence-corrected chi connectivity index (χ4v) is 3.37. The Kier molecular flexibility index (Phi) is 3.71. The first-order valence-corrected chi connectivity index (χ1v) is 7.78. The third kappa shape index (κ3) is 2.68. The van der Waals surface area contributed by atoms with E-state index in [-0.39, 0.29) is 0 Å². The Morgan fingerprint density at radius 3 is 1.80 bits per heavy atom. The minimum absolute atomic E-state index is 0.868. The summed E-state index contributed by atoms with van der Waals surface area (Å²) in [6, 6.07) is 27.7. The minimum Gasteiger partial charge on any atom is -0.277 e. The molecule has 0 heterocycles. The van der Waals surface area contributed by atoms with Crippen molar-refractivity contribution in [1.82, 2.24) is 0 Å². The van der Waals surface area contributed by atoms with Crippen LogP contribution in [0.5, 0.6) is 0 Å². The molecule has 2 heteroatoms. The van der Waals surface area contributed by atoms with Gasteiger partial charge in [-0.05, 0) is 35.4 Å². The molecule has 0 aromatic heterocycles. The van der Waals surface area contributed by atoms with Crippen LogP contribution in [0.15, 0.2) is 84.9 Å². The Morgan fingerprint density at radius 1 is 0.550 bits per heavy atom. The van der Waals surface area contributed by atoms with Crippen molar-refractivity contribution >= 4 is 18.4 Å². The van der Waals surface area contributed by atoms with E-state index >= 15 is 0 Å². The Labute approximate surface area is 119 Å². The molecule has 0 N–H and O–H groups in total. The van der Waals surface area contributed by atoms with Gasteiger partial charge in [0.1, 0.15) is 7.80 Å². The first-order chi connectivity index (χ1) is 9.84. The van der Waals surface area contributed by atoms with Crippen LogP contribution in [-0.4, -0.2) is 0 Å². The van der Waals surface area contributed by atoms with E-state index in [2.05, 4.69) is 12.1 Å². The SMILES string of the molecule is O=[P](c1ccccc1)c1cccc(-c2ccccc2)c1. The van der Waals surface area contributed by atoms with Gasteiger partial charge in [-0.1, -0.05) is 60.7 Å². The van der Waals surface area contributed by atoms with Gasteiger partial charge in [-0.3, -0.25) is 4.57 Å². The molecular formula is C18H14OP. The van der Waals surface area contributed by atoms with E-state index in [1.54, 1.807) is 0 Å². The molecule has 3 aromatic rings. The van der Waals surface area contributed by atoms with Crippen LogP contribution in [0.25, 0.3) is 11.1 Å². The van der Waals surface area contributed by atoms with Crippen LogP contribution < -0.4 is 10.6 Å². The maximum atomic E-state index is 12.6. The molecule has 1 radical (unpaired) electrons. The Balaban J connectivity index is 1.98. The van der Waals surface area contributed by atoms with Gasteiger partial charge in [0.15, 0.2) is 0 Å². The fraction of sp³-hybridized carbons (Fsp3) is 0. The summed E-state index contributed by atoms with van der Waals surface area (Å²) < 4.78 is 12.6. The van der Waals surface area contributed by atoms with Crippen LogP contribution in [0.4, 0.5) is 0 Å². The topological polar surface area (TPSA) is 17.1 Å². The van der Waals surface area contributed by atoms with E-state index in [9.17, 15) is 4.57 Å². The molecule has 97 valence electrons. The van der Waals surface area contributed by atoms with Gasteiger partial charge in [0.25, 0.3) is 0 Å². The fourth-order valence-electron chi connectivity index (χ4n) is 2.15. The summed E-state index contributed by atoms with van der Waals surface area (Å²) in [7, 11) is -1.53. The summed E-state index contributed by atoms with van der Waals surface area (Å²) in [5, 5.41) is 1.74. The van der Waals surface area contributed by atoms with E-state index in [0.29, 0.717) is 0 Å². The van der Waals surface area contributed by atoms with Crippen molar-refractivity contribution in [2.75, 3.05) is 0 Å². The highest BCUT2D eigenvalue weighted by Gasteiger charge is 2.08. The van der Waals surface area contributed by atoms with Gasteiger partial charge in [-0.25, -0.2) is 0 Å². The van der Waals surface area contributed by atoms with E-state index in [4.69, 9.17) is 0 Å². The molecule has 3 aromatic carbocycles. The summed E-state index contributed by atoms with van der Waals surface area (Å²) >= 11 is 0. The zero-order valence-electron chi connectivity index (χ0n) is 10.9. The molecule has 1 unspecified atom stereocenters. The van der Waals surface area contributed by atoms with Crippen molar-refractivity contribution in [3.8, 4) is 11.1 Å². The molecule has 1 nitrogen and oxygen atoms in total. The van der Waals surface area contributed by atoms with Gasteiger partial charge in [0, 0.05) is 10.6 Å². The molecule has 0 saturated carbocycles. The zero-order chi connectivity index (χ0) is 13.8. The third-order valence-corrected chi connectivity index (χ3v) is 4.69. The lowest BCUT2D eigenvalue weighted by atomic mass is 10.1.